The number of nitrogens with two attached hydrogens (primary N) is 2. The highest BCUT2D eigenvalue weighted by Crippen LogP contribution is 2.30. The molecule has 0 fully saturated rings. The number of hydrogen-bond donors (Lipinski definition) is 5. The van der Waals surface area contributed by atoms with Gasteiger partial charge in [0, 0.05) is 13.0 Å². The minimum Gasteiger partial charge on any atom is -0.480 e. The largest absolute Gasteiger partial charge is 0.480 e. The molecule has 0 unspecified atom stereocenters. The van der Waals surface area contributed by atoms with E-state index in [0.29, 0.717) is 29.1 Å². The van der Waals surface area contributed by atoms with Crippen LogP contribution >= 0.6 is 0 Å². The zero-order valence-corrected chi connectivity index (χ0v) is 20.3. The summed E-state index contributed by atoms with van der Waals surface area (Å²) in [6, 6.07) is 7.70. The summed E-state index contributed by atoms with van der Waals surface area (Å²) in [5, 5.41) is 15.6. The average Bonchev–Trinajstić information content (AvgIpc) is 3.29. The van der Waals surface area contributed by atoms with Crippen LogP contribution in [0.5, 0.6) is 0 Å². The fourth-order valence-corrected chi connectivity index (χ4v) is 4.59. The van der Waals surface area contributed by atoms with Gasteiger partial charge in [-0.3, -0.25) is 9.59 Å². The average molecular weight is 557 g/mol. The third-order valence-corrected chi connectivity index (χ3v) is 6.64. The van der Waals surface area contributed by atoms with Crippen LogP contribution < -0.4 is 21.5 Å². The van der Waals surface area contributed by atoms with Crippen LogP contribution in [0, 0.1) is 0 Å². The number of amides is 1. The van der Waals surface area contributed by atoms with Gasteiger partial charge in [0.25, 0.3) is 0 Å². The number of guanidine groups is 1. The zero-order valence-electron chi connectivity index (χ0n) is 19.5. The van der Waals surface area contributed by atoms with Crippen molar-refractivity contribution in [1.82, 2.24) is 10.0 Å². The Labute approximate surface area is 214 Å². The maximum absolute atomic E-state index is 12.9. The highest BCUT2D eigenvalue weighted by atomic mass is 32.2. The lowest BCUT2D eigenvalue weighted by atomic mass is 10.0. The Hall–Kier alpha value is -4.18. The molecule has 16 heteroatoms. The quantitative estimate of drug-likeness (QED) is 0.211. The van der Waals surface area contributed by atoms with Crippen molar-refractivity contribution in [2.24, 2.45) is 21.6 Å². The molecule has 0 radical (unpaired) electrons. The maximum Gasteiger partial charge on any atom is 0.416 e. The minimum absolute atomic E-state index is 0.0982. The molecule has 2 aromatic rings. The van der Waals surface area contributed by atoms with Crippen molar-refractivity contribution in [2.75, 3.05) is 6.54 Å². The van der Waals surface area contributed by atoms with Gasteiger partial charge in [0.1, 0.15) is 12.1 Å². The van der Waals surface area contributed by atoms with Crippen LogP contribution in [0.4, 0.5) is 18.9 Å². The molecule has 12 nitrogen and oxygen atoms in total. The number of halogens is 3. The Morgan fingerprint density at radius 2 is 1.87 bits per heavy atom. The number of nitrogens with zero attached hydrogens (tertiary/aromatic N) is 2. The highest BCUT2D eigenvalue weighted by molar-refractivity contribution is 7.89. The van der Waals surface area contributed by atoms with Crippen molar-refractivity contribution in [3.63, 3.8) is 0 Å². The highest BCUT2D eigenvalue weighted by Gasteiger charge is 2.33. The summed E-state index contributed by atoms with van der Waals surface area (Å²) in [5.41, 5.74) is 11.2. The number of carboxylic acids is 1. The molecule has 1 amide bonds. The van der Waals surface area contributed by atoms with Crippen LogP contribution in [-0.4, -0.2) is 55.8 Å². The molecule has 204 valence electrons. The SMILES string of the molecule is NC(N)=Nc1ccc(C2=NO[C@H](CC(=O)NC[C@H](NS(=O)(=O)c3cccc(C(F)(F)F)c3)C(=O)O)C2)cc1. The second kappa shape index (κ2) is 11.5. The molecule has 0 aromatic heterocycles. The van der Waals surface area contributed by atoms with E-state index < -0.39 is 57.2 Å². The van der Waals surface area contributed by atoms with Crippen molar-refractivity contribution in [3.05, 3.63) is 59.7 Å². The molecule has 0 saturated heterocycles. The Balaban J connectivity index is 1.55. The number of aliphatic imine (C=N–C) groups is 1. The first-order chi connectivity index (χ1) is 17.7. The lowest BCUT2D eigenvalue weighted by Gasteiger charge is -2.17. The van der Waals surface area contributed by atoms with Crippen molar-refractivity contribution in [2.45, 2.75) is 36.1 Å². The van der Waals surface area contributed by atoms with Gasteiger partial charge in [0.05, 0.1) is 28.3 Å². The van der Waals surface area contributed by atoms with Gasteiger partial charge in [-0.25, -0.2) is 13.4 Å². The first-order valence-electron chi connectivity index (χ1n) is 10.9. The number of carbonyl (C=O) groups is 2. The first kappa shape index (κ1) is 28.4. The molecule has 0 spiro atoms. The Morgan fingerprint density at radius 1 is 1.18 bits per heavy atom. The first-order valence-corrected chi connectivity index (χ1v) is 12.3. The number of aliphatic carboxylic acids is 1. The van der Waals surface area contributed by atoms with E-state index in [4.69, 9.17) is 16.3 Å². The molecule has 0 bridgehead atoms. The van der Waals surface area contributed by atoms with Gasteiger partial charge < -0.3 is 26.7 Å². The number of benzene rings is 2. The third-order valence-electron chi connectivity index (χ3n) is 5.18. The predicted molar refractivity (Wildman–Crippen MR) is 129 cm³/mol. The van der Waals surface area contributed by atoms with Gasteiger partial charge in [-0.2, -0.15) is 17.9 Å². The second-order valence-electron chi connectivity index (χ2n) is 8.10. The summed E-state index contributed by atoms with van der Waals surface area (Å²) in [5.74, 6) is -2.40. The predicted octanol–water partition coefficient (Wildman–Crippen LogP) is 1.04. The summed E-state index contributed by atoms with van der Waals surface area (Å²) in [6.45, 7) is -0.668. The van der Waals surface area contributed by atoms with Crippen LogP contribution in [-0.2, 0) is 30.6 Å². The molecule has 1 aliphatic heterocycles. The summed E-state index contributed by atoms with van der Waals surface area (Å²) >= 11 is 0. The van der Waals surface area contributed by atoms with Gasteiger partial charge in [0.2, 0.25) is 15.9 Å². The lowest BCUT2D eigenvalue weighted by molar-refractivity contribution is -0.139. The normalized spacial score (nSPS) is 16.2. The molecular formula is C22H23F3N6O6S. The van der Waals surface area contributed by atoms with Crippen molar-refractivity contribution >= 4 is 39.3 Å². The Kier molecular flexibility index (Phi) is 8.57. The number of nitrogens with one attached hydrogen (secondary N) is 2. The lowest BCUT2D eigenvalue weighted by Crippen LogP contribution is -2.48. The number of oxime groups is 1. The van der Waals surface area contributed by atoms with E-state index in [1.165, 1.54) is 0 Å². The van der Waals surface area contributed by atoms with E-state index in [9.17, 15) is 36.3 Å². The molecule has 7 N–H and O–H groups in total. The summed E-state index contributed by atoms with van der Waals surface area (Å²) in [4.78, 5) is 32.3. The molecular weight excluding hydrogens is 533 g/mol. The summed E-state index contributed by atoms with van der Waals surface area (Å²) in [6.07, 6.45) is -5.41. The van der Waals surface area contributed by atoms with Crippen molar-refractivity contribution in [1.29, 1.82) is 0 Å². The Morgan fingerprint density at radius 3 is 2.47 bits per heavy atom. The number of hydrogen-bond acceptors (Lipinski definition) is 7. The number of sulfonamides is 1. The number of carbonyl (C=O) groups excluding carboxylic acids is 1. The van der Waals surface area contributed by atoms with Crippen molar-refractivity contribution < 1.29 is 41.1 Å². The van der Waals surface area contributed by atoms with E-state index in [1.54, 1.807) is 29.0 Å². The van der Waals surface area contributed by atoms with Gasteiger partial charge in [-0.15, -0.1) is 0 Å². The van der Waals surface area contributed by atoms with Crippen LogP contribution in [0.2, 0.25) is 0 Å². The van der Waals surface area contributed by atoms with Gasteiger partial charge in [-0.05, 0) is 35.9 Å². The van der Waals surface area contributed by atoms with Crippen molar-refractivity contribution in [3.8, 4) is 0 Å². The number of rotatable bonds is 10. The molecule has 1 aliphatic rings. The van der Waals surface area contributed by atoms with E-state index >= 15 is 0 Å². The topological polar surface area (TPSA) is 199 Å². The van der Waals surface area contributed by atoms with E-state index in [2.05, 4.69) is 15.5 Å². The van der Waals surface area contributed by atoms with Crippen LogP contribution in [0.3, 0.4) is 0 Å². The summed E-state index contributed by atoms with van der Waals surface area (Å²) in [7, 11) is -4.65. The van der Waals surface area contributed by atoms with E-state index in [0.717, 1.165) is 12.1 Å². The number of alkyl halides is 3. The minimum atomic E-state index is -4.80. The third kappa shape index (κ3) is 7.66. The molecule has 38 heavy (non-hydrogen) atoms. The maximum atomic E-state index is 12.9. The zero-order chi connectivity index (χ0) is 28.1. The molecule has 2 aromatic carbocycles. The number of carboxylic acid groups (broad SMARTS) is 1. The molecule has 0 saturated carbocycles. The Bertz CT molecular complexity index is 1360. The fourth-order valence-electron chi connectivity index (χ4n) is 3.35. The van der Waals surface area contributed by atoms with Gasteiger partial charge in [-0.1, -0.05) is 23.4 Å². The van der Waals surface area contributed by atoms with E-state index in [-0.39, 0.29) is 18.8 Å². The van der Waals surface area contributed by atoms with Gasteiger partial charge >= 0.3 is 12.1 Å². The smallest absolute Gasteiger partial charge is 0.416 e. The van der Waals surface area contributed by atoms with Crippen LogP contribution in [0.1, 0.15) is 24.0 Å². The monoisotopic (exact) mass is 556 g/mol. The fraction of sp³-hybridized carbons (Fsp3) is 0.273. The molecule has 3 rings (SSSR count). The molecule has 2 atom stereocenters. The summed E-state index contributed by atoms with van der Waals surface area (Å²) < 4.78 is 65.5. The second-order valence-corrected chi connectivity index (χ2v) is 9.81. The van der Waals surface area contributed by atoms with E-state index in [1.807, 2.05) is 0 Å². The molecule has 1 heterocycles. The van der Waals surface area contributed by atoms with Crippen LogP contribution in [0.25, 0.3) is 0 Å². The standard InChI is InChI=1S/C22H23F3N6O6S/c23-22(24,25)13-2-1-3-16(8-13)38(35,36)31-18(20(33)34)11-28-19(32)10-15-9-17(30-37-15)12-4-6-14(7-5-12)29-21(26)27/h1-8,15,18,31H,9-11H2,(H,28,32)(H,33,34)(H4,26,27,29)/t15-,18-/m0/s1. The molecule has 0 aliphatic carbocycles. The van der Waals surface area contributed by atoms with Crippen LogP contribution in [0.15, 0.2) is 63.6 Å². The van der Waals surface area contributed by atoms with Gasteiger partial charge in [0.15, 0.2) is 5.96 Å².